The van der Waals surface area contributed by atoms with Gasteiger partial charge in [0.2, 0.25) is 0 Å². The number of hydrogen-bond donors (Lipinski definition) is 0. The van der Waals surface area contributed by atoms with E-state index < -0.39 is 0 Å². The summed E-state index contributed by atoms with van der Waals surface area (Å²) in [4.78, 5) is 0. The maximum Gasteiger partial charge on any atom is 0.145 e. The predicted octanol–water partition coefficient (Wildman–Crippen LogP) is 9.19. The number of aromatic nitrogens is 1. The van der Waals surface area contributed by atoms with Crippen LogP contribution in [0, 0.1) is 0 Å². The third kappa shape index (κ3) is 1.90. The molecule has 0 amide bonds. The molecule has 0 radical (unpaired) electrons. The van der Waals surface area contributed by atoms with Gasteiger partial charge >= 0.3 is 0 Å². The van der Waals surface area contributed by atoms with Gasteiger partial charge in [0.15, 0.2) is 0 Å². The Balaban J connectivity index is 1.45. The molecule has 12 rings (SSSR count). The molecule has 8 aromatic rings. The Morgan fingerprint density at radius 3 is 2.05 bits per heavy atom. The van der Waals surface area contributed by atoms with Crippen molar-refractivity contribution >= 4 is 43.7 Å². The van der Waals surface area contributed by atoms with E-state index >= 15 is 0 Å². The number of rotatable bonds is 0. The lowest BCUT2D eigenvalue weighted by atomic mass is 9.50. The van der Waals surface area contributed by atoms with E-state index in [0.717, 1.165) is 11.2 Å². The zero-order chi connectivity index (χ0) is 25.7. The summed E-state index contributed by atoms with van der Waals surface area (Å²) in [5.41, 5.74) is 15.3. The van der Waals surface area contributed by atoms with Crippen LogP contribution in [-0.4, -0.2) is 4.57 Å². The Morgan fingerprint density at radius 2 is 1.23 bits per heavy atom. The van der Waals surface area contributed by atoms with E-state index in [2.05, 4.69) is 126 Å². The van der Waals surface area contributed by atoms with Crippen molar-refractivity contribution in [2.45, 2.75) is 11.3 Å². The Morgan fingerprint density at radius 1 is 0.550 bits per heavy atom. The van der Waals surface area contributed by atoms with Crippen molar-refractivity contribution in [3.8, 4) is 5.69 Å². The van der Waals surface area contributed by atoms with Crippen molar-refractivity contribution in [2.24, 2.45) is 0 Å². The van der Waals surface area contributed by atoms with E-state index in [1.807, 2.05) is 0 Å². The quantitative estimate of drug-likeness (QED) is 0.200. The van der Waals surface area contributed by atoms with Gasteiger partial charge in [0.25, 0.3) is 0 Å². The van der Waals surface area contributed by atoms with Crippen molar-refractivity contribution in [1.29, 1.82) is 0 Å². The van der Waals surface area contributed by atoms with Crippen LogP contribution in [0.4, 0.5) is 0 Å². The molecule has 3 aliphatic carbocycles. The first kappa shape index (κ1) is 19.9. The summed E-state index contributed by atoms with van der Waals surface area (Å²) in [5, 5.41) is 4.84. The molecule has 2 heteroatoms. The van der Waals surface area contributed by atoms with Gasteiger partial charge in [-0.3, -0.25) is 0 Å². The monoisotopic (exact) mass is 507 g/mol. The lowest BCUT2D eigenvalue weighted by molar-refractivity contribution is 0.622. The standard InChI is InChI=1S/C38H21NO/c1-4-12-27-23(10-1)33-24-11-2-5-13-28(24)38(27)29-14-6-7-15-30(29)39-31-20-19-22-21-9-3-8-16-32(21)40-37(22)34(31)26-18-17-25(33)35(38)36(26)39/h1-20,33H. The second-order valence-electron chi connectivity index (χ2n) is 11.6. The molecule has 0 fully saturated rings. The number of hydrogen-bond acceptors (Lipinski definition) is 1. The lowest BCUT2D eigenvalue weighted by Gasteiger charge is -2.53. The van der Waals surface area contributed by atoms with Crippen molar-refractivity contribution in [3.05, 3.63) is 160 Å². The third-order valence-electron chi connectivity index (χ3n) is 10.1. The zero-order valence-corrected chi connectivity index (χ0v) is 21.5. The summed E-state index contributed by atoms with van der Waals surface area (Å²) in [6.07, 6.45) is 0. The van der Waals surface area contributed by atoms with E-state index in [1.54, 1.807) is 0 Å². The fourth-order valence-corrected chi connectivity index (χ4v) is 8.78. The van der Waals surface area contributed by atoms with Crippen LogP contribution in [0.5, 0.6) is 0 Å². The fraction of sp³-hybridized carbons (Fsp3) is 0.0526. The van der Waals surface area contributed by atoms with Crippen molar-refractivity contribution in [3.63, 3.8) is 0 Å². The Labute approximate surface area is 229 Å². The molecule has 2 aromatic heterocycles. The zero-order valence-electron chi connectivity index (χ0n) is 21.5. The Kier molecular flexibility index (Phi) is 3.17. The number of benzene rings is 6. The molecule has 1 aliphatic heterocycles. The molecule has 3 heterocycles. The van der Waals surface area contributed by atoms with Crippen molar-refractivity contribution in [1.82, 2.24) is 4.57 Å². The molecule has 6 aromatic carbocycles. The SMILES string of the molecule is c1ccc2c(c1)C1c3ccccc3C23c2ccccc2-n2c4ccc5c6ccccc6oc5c4c4ccc1c3c42. The predicted molar refractivity (Wildman–Crippen MR) is 161 cm³/mol. The summed E-state index contributed by atoms with van der Waals surface area (Å²) >= 11 is 0. The van der Waals surface area contributed by atoms with Gasteiger partial charge in [0.05, 0.1) is 27.5 Å². The molecule has 0 saturated carbocycles. The summed E-state index contributed by atoms with van der Waals surface area (Å²) < 4.78 is 9.17. The van der Waals surface area contributed by atoms with Crippen molar-refractivity contribution in [2.75, 3.05) is 0 Å². The van der Waals surface area contributed by atoms with E-state index in [-0.39, 0.29) is 11.3 Å². The maximum absolute atomic E-state index is 6.64. The van der Waals surface area contributed by atoms with Crippen LogP contribution in [0.15, 0.2) is 126 Å². The van der Waals surface area contributed by atoms with Gasteiger partial charge in [0.1, 0.15) is 11.2 Å². The molecule has 184 valence electrons. The molecule has 4 aliphatic rings. The number of furan rings is 1. The Bertz CT molecular complexity index is 2410. The third-order valence-corrected chi connectivity index (χ3v) is 10.1. The highest BCUT2D eigenvalue weighted by Crippen LogP contribution is 2.66. The second kappa shape index (κ2) is 6.38. The molecule has 0 atom stereocenters. The summed E-state index contributed by atoms with van der Waals surface area (Å²) in [5.74, 6) is 0.233. The molecule has 2 bridgehead atoms. The molecule has 0 N–H and O–H groups in total. The minimum Gasteiger partial charge on any atom is -0.455 e. The first-order valence-electron chi connectivity index (χ1n) is 14.1. The normalized spacial score (nSPS) is 19.4. The van der Waals surface area contributed by atoms with Gasteiger partial charge in [-0.25, -0.2) is 0 Å². The van der Waals surface area contributed by atoms with Gasteiger partial charge in [-0.1, -0.05) is 97.1 Å². The van der Waals surface area contributed by atoms with Gasteiger partial charge in [-0.05, 0) is 57.6 Å². The number of para-hydroxylation sites is 2. The first-order valence-corrected chi connectivity index (χ1v) is 14.1. The molecule has 40 heavy (non-hydrogen) atoms. The minimum atomic E-state index is -0.356. The summed E-state index contributed by atoms with van der Waals surface area (Å²) in [6, 6.07) is 45.2. The van der Waals surface area contributed by atoms with Crippen LogP contribution in [0.2, 0.25) is 0 Å². The summed E-state index contributed by atoms with van der Waals surface area (Å²) in [7, 11) is 0. The van der Waals surface area contributed by atoms with E-state index in [1.165, 1.54) is 77.2 Å². The van der Waals surface area contributed by atoms with Gasteiger partial charge in [-0.15, -0.1) is 0 Å². The molecule has 1 spiro atoms. The first-order chi connectivity index (χ1) is 19.9. The molecular weight excluding hydrogens is 486 g/mol. The highest BCUT2D eigenvalue weighted by atomic mass is 16.3. The highest BCUT2D eigenvalue weighted by molar-refractivity contribution is 6.25. The largest absolute Gasteiger partial charge is 0.455 e. The van der Waals surface area contributed by atoms with Crippen LogP contribution >= 0.6 is 0 Å². The van der Waals surface area contributed by atoms with E-state index in [0.29, 0.717) is 0 Å². The second-order valence-corrected chi connectivity index (χ2v) is 11.6. The van der Waals surface area contributed by atoms with Crippen LogP contribution in [-0.2, 0) is 5.41 Å². The van der Waals surface area contributed by atoms with Crippen LogP contribution in [0.1, 0.15) is 44.9 Å². The lowest BCUT2D eigenvalue weighted by Crippen LogP contribution is -2.45. The molecule has 0 unspecified atom stereocenters. The minimum absolute atomic E-state index is 0.233. The number of nitrogens with zero attached hydrogens (tertiary/aromatic N) is 1. The van der Waals surface area contributed by atoms with E-state index in [9.17, 15) is 0 Å². The van der Waals surface area contributed by atoms with Gasteiger partial charge in [0, 0.05) is 27.6 Å². The maximum atomic E-state index is 6.64. The van der Waals surface area contributed by atoms with Gasteiger partial charge < -0.3 is 8.98 Å². The van der Waals surface area contributed by atoms with Crippen LogP contribution < -0.4 is 0 Å². The molecular formula is C38H21NO. The van der Waals surface area contributed by atoms with Crippen molar-refractivity contribution < 1.29 is 4.42 Å². The smallest absolute Gasteiger partial charge is 0.145 e. The van der Waals surface area contributed by atoms with Crippen LogP contribution in [0.25, 0.3) is 49.4 Å². The molecule has 2 nitrogen and oxygen atoms in total. The topological polar surface area (TPSA) is 18.1 Å². The summed E-state index contributed by atoms with van der Waals surface area (Å²) in [6.45, 7) is 0. The van der Waals surface area contributed by atoms with Gasteiger partial charge in [-0.2, -0.15) is 0 Å². The van der Waals surface area contributed by atoms with Crippen LogP contribution in [0.3, 0.4) is 0 Å². The molecule has 0 saturated heterocycles. The average Bonchev–Trinajstić information content (AvgIpc) is 3.57. The average molecular weight is 508 g/mol. The number of fused-ring (bicyclic) bond motifs is 9. The van der Waals surface area contributed by atoms with E-state index in [4.69, 9.17) is 4.42 Å². The fourth-order valence-electron chi connectivity index (χ4n) is 8.78. The highest BCUT2D eigenvalue weighted by Gasteiger charge is 2.56. The Hall–Kier alpha value is -5.08.